The van der Waals surface area contributed by atoms with Crippen LogP contribution in [0, 0.1) is 4.91 Å². The molecule has 2 N–H and O–H groups in total. The summed E-state index contributed by atoms with van der Waals surface area (Å²) in [6.45, 7) is 2.73. The van der Waals surface area contributed by atoms with Crippen molar-refractivity contribution in [1.29, 1.82) is 0 Å². The van der Waals surface area contributed by atoms with Crippen LogP contribution in [0.4, 0.5) is 11.4 Å². The summed E-state index contributed by atoms with van der Waals surface area (Å²) in [6, 6.07) is 5.20. The van der Waals surface area contributed by atoms with E-state index in [1.807, 2.05) is 12.1 Å². The van der Waals surface area contributed by atoms with E-state index in [2.05, 4.69) is 5.32 Å². The van der Waals surface area contributed by atoms with Crippen LogP contribution in [0.3, 0.4) is 0 Å². The van der Waals surface area contributed by atoms with Crippen LogP contribution in [0.2, 0.25) is 0 Å². The second kappa shape index (κ2) is 4.45. The summed E-state index contributed by atoms with van der Waals surface area (Å²) in [5, 5.41) is 4.92. The van der Waals surface area contributed by atoms with Gasteiger partial charge in [0.05, 0.1) is 7.11 Å². The molecule has 4 heteroatoms. The van der Waals surface area contributed by atoms with E-state index in [0.717, 1.165) is 18.0 Å². The maximum Gasteiger partial charge on any atom is 0.276 e. The molecule has 0 spiro atoms. The zero-order chi connectivity index (χ0) is 9.68. The average Bonchev–Trinajstić information content (AvgIpc) is 2.18. The first-order valence-corrected chi connectivity index (χ1v) is 4.12. The smallest absolute Gasteiger partial charge is 0.276 e. The van der Waals surface area contributed by atoms with Crippen molar-refractivity contribution in [3.05, 3.63) is 23.1 Å². The van der Waals surface area contributed by atoms with Crippen LogP contribution in [-0.4, -0.2) is 13.7 Å². The largest absolute Gasteiger partial charge is 0.497 e. The summed E-state index contributed by atoms with van der Waals surface area (Å²) in [7, 11) is 1.59. The second-order valence-corrected chi connectivity index (χ2v) is 2.54. The summed E-state index contributed by atoms with van der Waals surface area (Å²) >= 11 is 0. The van der Waals surface area contributed by atoms with Crippen LogP contribution >= 0.6 is 0 Å². The maximum absolute atomic E-state index is 10.5. The van der Waals surface area contributed by atoms with Crippen molar-refractivity contribution in [2.75, 3.05) is 19.0 Å². The van der Waals surface area contributed by atoms with Crippen LogP contribution in [-0.2, 0) is 0 Å². The lowest BCUT2D eigenvalue weighted by Crippen LogP contribution is -2.56. The predicted octanol–water partition coefficient (Wildman–Crippen LogP) is 0.606. The van der Waals surface area contributed by atoms with E-state index < -0.39 is 0 Å². The molecule has 0 fully saturated rings. The van der Waals surface area contributed by atoms with Gasteiger partial charge in [0.15, 0.2) is 0 Å². The maximum atomic E-state index is 10.5. The molecule has 0 saturated carbocycles. The van der Waals surface area contributed by atoms with Gasteiger partial charge in [-0.3, -0.25) is 0 Å². The van der Waals surface area contributed by atoms with E-state index in [4.69, 9.17) is 4.74 Å². The number of hydrogen-bond acceptors (Lipinski definition) is 3. The van der Waals surface area contributed by atoms with Crippen molar-refractivity contribution < 1.29 is 9.91 Å². The molecule has 0 amide bonds. The highest BCUT2D eigenvalue weighted by molar-refractivity contribution is 5.63. The fourth-order valence-electron chi connectivity index (χ4n) is 1.08. The molecule has 0 saturated heterocycles. The van der Waals surface area contributed by atoms with E-state index in [0.29, 0.717) is 5.69 Å². The Labute approximate surface area is 76.9 Å². The lowest BCUT2D eigenvalue weighted by atomic mass is 10.2. The Kier molecular flexibility index (Phi) is 3.25. The highest BCUT2D eigenvalue weighted by atomic mass is 16.5. The van der Waals surface area contributed by atoms with Gasteiger partial charge in [-0.25, -0.2) is 0 Å². The van der Waals surface area contributed by atoms with Crippen LogP contribution in [0.15, 0.2) is 18.2 Å². The first kappa shape index (κ1) is 9.51. The minimum Gasteiger partial charge on any atom is -0.497 e. The van der Waals surface area contributed by atoms with Crippen LogP contribution < -0.4 is 15.2 Å². The average molecular weight is 181 g/mol. The molecule has 4 nitrogen and oxygen atoms in total. The zero-order valence-corrected chi connectivity index (χ0v) is 7.76. The normalized spacial score (nSPS) is 9.38. The van der Waals surface area contributed by atoms with Gasteiger partial charge in [0, 0.05) is 28.8 Å². The minimum absolute atomic E-state index is 0.530. The highest BCUT2D eigenvalue weighted by Gasteiger charge is 2.08. The molecule has 0 aromatic heterocycles. The molecule has 0 heterocycles. The zero-order valence-electron chi connectivity index (χ0n) is 7.76. The van der Waals surface area contributed by atoms with Gasteiger partial charge in [0.1, 0.15) is 11.4 Å². The standard InChI is InChI=1S/C9H12N2O2/c1-3-10-9-6-7(13-2)4-5-8(9)11-12/h4-6,10H,3H2,1-2H3/p+1. The molecule has 1 rings (SSSR count). The molecular weight excluding hydrogens is 168 g/mol. The molecule has 0 aliphatic carbocycles. The van der Waals surface area contributed by atoms with Gasteiger partial charge in [-0.2, -0.15) is 0 Å². The van der Waals surface area contributed by atoms with Gasteiger partial charge in [0.2, 0.25) is 0 Å². The number of methoxy groups -OCH3 is 1. The number of anilines is 1. The first-order chi connectivity index (χ1) is 6.31. The van der Waals surface area contributed by atoms with Crippen molar-refractivity contribution in [2.24, 2.45) is 0 Å². The Hall–Kier alpha value is -1.58. The summed E-state index contributed by atoms with van der Waals surface area (Å²) in [5.74, 6) is 0.731. The molecule has 13 heavy (non-hydrogen) atoms. The molecule has 0 atom stereocenters. The van der Waals surface area contributed by atoms with Crippen molar-refractivity contribution in [2.45, 2.75) is 6.92 Å². The molecule has 1 aromatic rings. The Balaban J connectivity index is 3.02. The quantitative estimate of drug-likeness (QED) is 0.715. The first-order valence-electron chi connectivity index (χ1n) is 4.12. The van der Waals surface area contributed by atoms with E-state index in [1.54, 1.807) is 25.3 Å². The van der Waals surface area contributed by atoms with E-state index >= 15 is 0 Å². The van der Waals surface area contributed by atoms with Gasteiger partial charge in [-0.15, -0.1) is 0 Å². The number of nitroso groups, excluding NO2 is 1. The summed E-state index contributed by atoms with van der Waals surface area (Å²) in [5.41, 5.74) is 1.29. The Bertz CT molecular complexity index is 300. The minimum atomic E-state index is 0.530. The van der Waals surface area contributed by atoms with E-state index in [-0.39, 0.29) is 0 Å². The molecule has 0 aliphatic heterocycles. The number of nitrogens with one attached hydrogen (secondary N) is 2. The van der Waals surface area contributed by atoms with Crippen LogP contribution in [0.5, 0.6) is 5.75 Å². The second-order valence-electron chi connectivity index (χ2n) is 2.54. The molecule has 0 unspecified atom stereocenters. The predicted molar refractivity (Wildman–Crippen MR) is 51.1 cm³/mol. The molecule has 1 aromatic carbocycles. The molecular formula is C9H13N2O2+. The summed E-state index contributed by atoms with van der Waals surface area (Å²) < 4.78 is 5.03. The van der Waals surface area contributed by atoms with Crippen LogP contribution in [0.1, 0.15) is 6.92 Å². The van der Waals surface area contributed by atoms with Crippen molar-refractivity contribution in [3.8, 4) is 5.75 Å². The van der Waals surface area contributed by atoms with Crippen molar-refractivity contribution >= 4 is 11.4 Å². The lowest BCUT2D eigenvalue weighted by molar-refractivity contribution is -0.378. The Morgan fingerprint density at radius 3 is 2.85 bits per heavy atom. The lowest BCUT2D eigenvalue weighted by Gasteiger charge is -2.04. The summed E-state index contributed by atoms with van der Waals surface area (Å²) in [4.78, 5) is 10.5. The highest BCUT2D eigenvalue weighted by Crippen LogP contribution is 2.22. The fraction of sp³-hybridized carbons (Fsp3) is 0.333. The third kappa shape index (κ3) is 2.18. The third-order valence-electron chi connectivity index (χ3n) is 1.70. The molecule has 0 bridgehead atoms. The SMILES string of the molecule is CCNc1cc(OC)ccc1[NH+]=O. The van der Waals surface area contributed by atoms with Crippen molar-refractivity contribution in [3.63, 3.8) is 0 Å². The summed E-state index contributed by atoms with van der Waals surface area (Å²) in [6.07, 6.45) is 0. The number of ether oxygens (including phenoxy) is 1. The van der Waals surface area contributed by atoms with Gasteiger partial charge in [0.25, 0.3) is 5.69 Å². The van der Waals surface area contributed by atoms with Crippen molar-refractivity contribution in [1.82, 2.24) is 0 Å². The molecule has 0 radical (unpaired) electrons. The van der Waals surface area contributed by atoms with Gasteiger partial charge < -0.3 is 10.1 Å². The molecule has 70 valence electrons. The van der Waals surface area contributed by atoms with Crippen LogP contribution in [0.25, 0.3) is 0 Å². The number of benzene rings is 1. The number of hydrogen-bond donors (Lipinski definition) is 2. The third-order valence-corrected chi connectivity index (χ3v) is 1.70. The Morgan fingerprint density at radius 1 is 1.54 bits per heavy atom. The Morgan fingerprint density at radius 2 is 2.31 bits per heavy atom. The number of rotatable bonds is 4. The molecule has 0 aliphatic rings. The fourth-order valence-corrected chi connectivity index (χ4v) is 1.08. The topological polar surface area (TPSA) is 52.3 Å². The van der Waals surface area contributed by atoms with Gasteiger partial charge >= 0.3 is 0 Å². The van der Waals surface area contributed by atoms with Gasteiger partial charge in [-0.1, -0.05) is 0 Å². The monoisotopic (exact) mass is 181 g/mol. The van der Waals surface area contributed by atoms with Gasteiger partial charge in [-0.05, 0) is 13.0 Å². The van der Waals surface area contributed by atoms with E-state index in [1.165, 1.54) is 0 Å². The van der Waals surface area contributed by atoms with E-state index in [9.17, 15) is 4.91 Å².